The fourth-order valence-corrected chi connectivity index (χ4v) is 1.43. The lowest BCUT2D eigenvalue weighted by molar-refractivity contribution is 0.0695. The van der Waals surface area contributed by atoms with Crippen molar-refractivity contribution in [3.05, 3.63) is 34.9 Å². The fraction of sp³-hybridized carbons (Fsp3) is 0.308. The molecule has 0 radical (unpaired) electrons. The summed E-state index contributed by atoms with van der Waals surface area (Å²) in [6.45, 7) is 3.66. The molecule has 2 N–H and O–H groups in total. The fourth-order valence-electron chi connectivity index (χ4n) is 1.43. The minimum Gasteiger partial charge on any atom is -0.508 e. The molecular weight excluding hydrogens is 204 g/mol. The highest BCUT2D eigenvalue weighted by Crippen LogP contribution is 2.23. The number of hydrogen-bond donors (Lipinski definition) is 2. The number of carbonyl (C=O) groups is 1. The van der Waals surface area contributed by atoms with Crippen LogP contribution in [-0.4, -0.2) is 16.2 Å². The monoisotopic (exact) mass is 220 g/mol. The average Bonchev–Trinajstić information content (AvgIpc) is 2.23. The van der Waals surface area contributed by atoms with Crippen molar-refractivity contribution in [1.29, 1.82) is 0 Å². The Hall–Kier alpha value is -1.77. The van der Waals surface area contributed by atoms with Gasteiger partial charge in [-0.15, -0.1) is 0 Å². The van der Waals surface area contributed by atoms with E-state index in [1.165, 1.54) is 0 Å². The summed E-state index contributed by atoms with van der Waals surface area (Å²) in [7, 11) is 0. The zero-order valence-corrected chi connectivity index (χ0v) is 9.53. The molecule has 1 aromatic carbocycles. The van der Waals surface area contributed by atoms with Crippen LogP contribution >= 0.6 is 0 Å². The Bertz CT molecular complexity index is 419. The Morgan fingerprint density at radius 2 is 2.12 bits per heavy atom. The van der Waals surface area contributed by atoms with Gasteiger partial charge in [0.15, 0.2) is 0 Å². The largest absolute Gasteiger partial charge is 0.508 e. The highest BCUT2D eigenvalue weighted by atomic mass is 16.4. The molecule has 0 spiro atoms. The molecule has 86 valence electrons. The van der Waals surface area contributed by atoms with Crippen LogP contribution < -0.4 is 0 Å². The molecule has 16 heavy (non-hydrogen) atoms. The van der Waals surface area contributed by atoms with E-state index in [2.05, 4.69) is 6.92 Å². The standard InChI is InChI=1S/C13H16O3/c1-3-4-5-6-10-7-11(13(15)16)9(2)12(14)8-10/h5-8,14H,3-4H2,1-2H3,(H,15,16)/b6-5-. The van der Waals surface area contributed by atoms with E-state index in [4.69, 9.17) is 5.11 Å². The number of carboxylic acids is 1. The number of aromatic hydroxyl groups is 1. The maximum atomic E-state index is 10.9. The van der Waals surface area contributed by atoms with E-state index < -0.39 is 5.97 Å². The Morgan fingerprint density at radius 3 is 2.69 bits per heavy atom. The van der Waals surface area contributed by atoms with Crippen LogP contribution in [0.1, 0.15) is 41.3 Å². The number of benzene rings is 1. The second-order valence-electron chi connectivity index (χ2n) is 3.71. The summed E-state index contributed by atoms with van der Waals surface area (Å²) in [5.74, 6) is -0.991. The van der Waals surface area contributed by atoms with Gasteiger partial charge >= 0.3 is 5.97 Å². The molecule has 0 saturated heterocycles. The lowest BCUT2D eigenvalue weighted by Gasteiger charge is -2.05. The van der Waals surface area contributed by atoms with Crippen LogP contribution in [0, 0.1) is 6.92 Å². The smallest absolute Gasteiger partial charge is 0.336 e. The van der Waals surface area contributed by atoms with Gasteiger partial charge in [0, 0.05) is 5.56 Å². The third-order valence-electron chi connectivity index (χ3n) is 2.40. The molecule has 0 aliphatic rings. The van der Waals surface area contributed by atoms with Crippen molar-refractivity contribution >= 4 is 12.0 Å². The minimum absolute atomic E-state index is 0.0241. The van der Waals surface area contributed by atoms with Crippen LogP contribution in [0.5, 0.6) is 5.75 Å². The lowest BCUT2D eigenvalue weighted by Crippen LogP contribution is -2.00. The van der Waals surface area contributed by atoms with E-state index in [1.807, 2.05) is 12.2 Å². The van der Waals surface area contributed by atoms with Gasteiger partial charge in [0.1, 0.15) is 5.75 Å². The molecule has 1 aromatic rings. The molecule has 0 heterocycles. The van der Waals surface area contributed by atoms with Crippen molar-refractivity contribution in [2.24, 2.45) is 0 Å². The zero-order chi connectivity index (χ0) is 12.1. The van der Waals surface area contributed by atoms with E-state index in [-0.39, 0.29) is 11.3 Å². The quantitative estimate of drug-likeness (QED) is 0.819. The molecule has 3 nitrogen and oxygen atoms in total. The van der Waals surface area contributed by atoms with Crippen molar-refractivity contribution < 1.29 is 15.0 Å². The van der Waals surface area contributed by atoms with Crippen molar-refractivity contribution in [2.75, 3.05) is 0 Å². The Labute approximate surface area is 95.0 Å². The van der Waals surface area contributed by atoms with Crippen molar-refractivity contribution in [1.82, 2.24) is 0 Å². The Kier molecular flexibility index (Phi) is 4.11. The van der Waals surface area contributed by atoms with Gasteiger partial charge in [0.05, 0.1) is 5.56 Å². The number of allylic oxidation sites excluding steroid dienone is 1. The topological polar surface area (TPSA) is 57.5 Å². The second kappa shape index (κ2) is 5.35. The van der Waals surface area contributed by atoms with Crippen LogP contribution in [0.3, 0.4) is 0 Å². The number of carboxylic acid groups (broad SMARTS) is 1. The number of unbranched alkanes of at least 4 members (excludes halogenated alkanes) is 1. The number of phenolic OH excluding ortho intramolecular Hbond substituents is 1. The average molecular weight is 220 g/mol. The van der Waals surface area contributed by atoms with E-state index in [9.17, 15) is 9.90 Å². The molecule has 0 atom stereocenters. The molecular formula is C13H16O3. The first kappa shape index (κ1) is 12.3. The highest BCUT2D eigenvalue weighted by molar-refractivity contribution is 5.91. The third kappa shape index (κ3) is 2.86. The molecule has 0 aliphatic heterocycles. The minimum atomic E-state index is -1.02. The van der Waals surface area contributed by atoms with E-state index in [0.717, 1.165) is 12.8 Å². The van der Waals surface area contributed by atoms with Gasteiger partial charge in [-0.2, -0.15) is 0 Å². The second-order valence-corrected chi connectivity index (χ2v) is 3.71. The summed E-state index contributed by atoms with van der Waals surface area (Å²) in [5.41, 5.74) is 1.27. The summed E-state index contributed by atoms with van der Waals surface area (Å²) < 4.78 is 0. The van der Waals surface area contributed by atoms with Crippen molar-refractivity contribution in [3.8, 4) is 5.75 Å². The van der Waals surface area contributed by atoms with E-state index >= 15 is 0 Å². The van der Waals surface area contributed by atoms with Gasteiger partial charge in [-0.05, 0) is 31.0 Å². The zero-order valence-electron chi connectivity index (χ0n) is 9.53. The van der Waals surface area contributed by atoms with Gasteiger partial charge in [0.25, 0.3) is 0 Å². The molecule has 0 aromatic heterocycles. The predicted octanol–water partition coefficient (Wildman–Crippen LogP) is 3.21. The molecule has 0 aliphatic carbocycles. The van der Waals surface area contributed by atoms with Crippen LogP contribution in [-0.2, 0) is 0 Å². The molecule has 3 heteroatoms. The maximum Gasteiger partial charge on any atom is 0.336 e. The normalized spacial score (nSPS) is 10.9. The van der Waals surface area contributed by atoms with Crippen LogP contribution in [0.4, 0.5) is 0 Å². The van der Waals surface area contributed by atoms with Gasteiger partial charge in [0.2, 0.25) is 0 Å². The van der Waals surface area contributed by atoms with Gasteiger partial charge in [-0.3, -0.25) is 0 Å². The van der Waals surface area contributed by atoms with Gasteiger partial charge in [-0.1, -0.05) is 25.5 Å². The molecule has 0 fully saturated rings. The summed E-state index contributed by atoms with van der Waals surface area (Å²) in [6, 6.07) is 3.15. The number of phenols is 1. The van der Waals surface area contributed by atoms with Crippen molar-refractivity contribution in [2.45, 2.75) is 26.7 Å². The Morgan fingerprint density at radius 1 is 1.44 bits per heavy atom. The maximum absolute atomic E-state index is 10.9. The number of aromatic carboxylic acids is 1. The molecule has 0 amide bonds. The van der Waals surface area contributed by atoms with E-state index in [0.29, 0.717) is 11.1 Å². The highest BCUT2D eigenvalue weighted by Gasteiger charge is 2.11. The predicted molar refractivity (Wildman–Crippen MR) is 63.7 cm³/mol. The Balaban J connectivity index is 3.09. The van der Waals surface area contributed by atoms with Gasteiger partial charge in [-0.25, -0.2) is 4.79 Å². The first-order valence-electron chi connectivity index (χ1n) is 5.29. The summed E-state index contributed by atoms with van der Waals surface area (Å²) in [4.78, 5) is 10.9. The van der Waals surface area contributed by atoms with Crippen LogP contribution in [0.15, 0.2) is 18.2 Å². The molecule has 0 saturated carbocycles. The van der Waals surface area contributed by atoms with Crippen molar-refractivity contribution in [3.63, 3.8) is 0 Å². The summed E-state index contributed by atoms with van der Waals surface area (Å²) in [6.07, 6.45) is 5.78. The summed E-state index contributed by atoms with van der Waals surface area (Å²) in [5, 5.41) is 18.5. The third-order valence-corrected chi connectivity index (χ3v) is 2.40. The first-order valence-corrected chi connectivity index (χ1v) is 5.29. The summed E-state index contributed by atoms with van der Waals surface area (Å²) >= 11 is 0. The molecule has 0 bridgehead atoms. The van der Waals surface area contributed by atoms with Crippen LogP contribution in [0.25, 0.3) is 6.08 Å². The SMILES string of the molecule is CCC/C=C\c1cc(O)c(C)c(C(=O)O)c1. The van der Waals surface area contributed by atoms with E-state index in [1.54, 1.807) is 19.1 Å². The molecule has 0 unspecified atom stereocenters. The lowest BCUT2D eigenvalue weighted by atomic mass is 10.0. The molecule has 1 rings (SSSR count). The number of rotatable bonds is 4. The first-order chi connectivity index (χ1) is 7.56. The van der Waals surface area contributed by atoms with Gasteiger partial charge < -0.3 is 10.2 Å². The van der Waals surface area contributed by atoms with Crippen LogP contribution in [0.2, 0.25) is 0 Å². The number of hydrogen-bond acceptors (Lipinski definition) is 2.